The minimum Gasteiger partial charge on any atom is -0.507 e. The Morgan fingerprint density at radius 2 is 1.82 bits per heavy atom. The van der Waals surface area contributed by atoms with E-state index in [0.717, 1.165) is 22.4 Å². The van der Waals surface area contributed by atoms with Gasteiger partial charge in [-0.2, -0.15) is 0 Å². The van der Waals surface area contributed by atoms with E-state index in [1.54, 1.807) is 31.2 Å². The molecule has 2 atom stereocenters. The third-order valence-corrected chi connectivity index (χ3v) is 6.26. The van der Waals surface area contributed by atoms with Gasteiger partial charge in [0.15, 0.2) is 0 Å². The molecule has 0 spiro atoms. The van der Waals surface area contributed by atoms with E-state index in [-0.39, 0.29) is 17.4 Å². The van der Waals surface area contributed by atoms with Gasteiger partial charge in [-0.3, -0.25) is 14.5 Å². The zero-order valence-electron chi connectivity index (χ0n) is 19.0. The summed E-state index contributed by atoms with van der Waals surface area (Å²) in [7, 11) is 0. The molecule has 2 unspecified atom stereocenters. The second-order valence-corrected chi connectivity index (χ2v) is 8.86. The molecule has 0 saturated carbocycles. The molecule has 0 aliphatic carbocycles. The predicted molar refractivity (Wildman–Crippen MR) is 124 cm³/mol. The molecule has 1 amide bonds. The number of fused-ring (bicyclic) bond motifs is 1. The molecule has 1 aromatic heterocycles. The molecule has 2 aliphatic heterocycles. The van der Waals surface area contributed by atoms with Gasteiger partial charge >= 0.3 is 0 Å². The average molecular weight is 443 g/mol. The summed E-state index contributed by atoms with van der Waals surface area (Å²) < 4.78 is 11.6. The van der Waals surface area contributed by atoms with Gasteiger partial charge in [0.2, 0.25) is 0 Å². The molecule has 1 fully saturated rings. The summed E-state index contributed by atoms with van der Waals surface area (Å²) in [6.45, 7) is 7.65. The smallest absolute Gasteiger partial charge is 0.300 e. The number of carbonyl (C=O) groups is 2. The number of aliphatic hydroxyl groups is 1. The Balaban J connectivity index is 1.70. The van der Waals surface area contributed by atoms with Crippen LogP contribution in [0, 0.1) is 20.8 Å². The average Bonchev–Trinajstić information content (AvgIpc) is 3.43. The van der Waals surface area contributed by atoms with Crippen molar-refractivity contribution in [3.63, 3.8) is 0 Å². The number of hydrogen-bond donors (Lipinski definition) is 1. The number of Topliss-reactive ketones (excluding diaryl/α,β-unsaturated/α-hetero) is 1. The Labute approximate surface area is 192 Å². The maximum atomic E-state index is 13.3. The van der Waals surface area contributed by atoms with E-state index in [1.807, 2.05) is 45.0 Å². The Bertz CT molecular complexity index is 1330. The highest BCUT2D eigenvalue weighted by Gasteiger charge is 2.48. The molecule has 168 valence electrons. The molecule has 6 nitrogen and oxygen atoms in total. The summed E-state index contributed by atoms with van der Waals surface area (Å²) >= 11 is 0. The van der Waals surface area contributed by atoms with Gasteiger partial charge in [-0.05, 0) is 75.2 Å². The van der Waals surface area contributed by atoms with Crippen LogP contribution in [0.1, 0.15) is 46.7 Å². The van der Waals surface area contributed by atoms with Crippen molar-refractivity contribution >= 4 is 23.1 Å². The van der Waals surface area contributed by atoms with E-state index in [1.165, 1.54) is 4.90 Å². The first kappa shape index (κ1) is 21.1. The van der Waals surface area contributed by atoms with Crippen molar-refractivity contribution in [2.75, 3.05) is 4.90 Å². The van der Waals surface area contributed by atoms with Crippen molar-refractivity contribution in [3.05, 3.63) is 87.9 Å². The molecule has 5 rings (SSSR count). The first-order valence-electron chi connectivity index (χ1n) is 11.0. The van der Waals surface area contributed by atoms with Crippen LogP contribution in [0.15, 0.2) is 58.5 Å². The lowest BCUT2D eigenvalue weighted by Gasteiger charge is -2.25. The zero-order chi connectivity index (χ0) is 23.4. The first-order chi connectivity index (χ1) is 15.7. The van der Waals surface area contributed by atoms with E-state index in [4.69, 9.17) is 9.15 Å². The van der Waals surface area contributed by atoms with Crippen LogP contribution < -0.4 is 9.64 Å². The van der Waals surface area contributed by atoms with Crippen molar-refractivity contribution < 1.29 is 23.8 Å². The van der Waals surface area contributed by atoms with Crippen LogP contribution in [-0.2, 0) is 16.0 Å². The lowest BCUT2D eigenvalue weighted by Crippen LogP contribution is -2.30. The molecule has 2 aromatic carbocycles. The third-order valence-electron chi connectivity index (χ3n) is 6.26. The Morgan fingerprint density at radius 3 is 2.52 bits per heavy atom. The number of aryl methyl sites for hydroxylation is 3. The number of rotatable bonds is 3. The quantitative estimate of drug-likeness (QED) is 0.344. The van der Waals surface area contributed by atoms with E-state index >= 15 is 0 Å². The largest absolute Gasteiger partial charge is 0.507 e. The molecule has 1 saturated heterocycles. The molecule has 3 aromatic rings. The summed E-state index contributed by atoms with van der Waals surface area (Å²) in [6, 6.07) is 13.7. The van der Waals surface area contributed by atoms with Crippen molar-refractivity contribution in [1.29, 1.82) is 0 Å². The number of ketones is 1. The topological polar surface area (TPSA) is 80.0 Å². The second-order valence-electron chi connectivity index (χ2n) is 8.86. The van der Waals surface area contributed by atoms with E-state index in [2.05, 4.69) is 0 Å². The zero-order valence-corrected chi connectivity index (χ0v) is 19.0. The predicted octanol–water partition coefficient (Wildman–Crippen LogP) is 5.15. The van der Waals surface area contributed by atoms with Crippen LogP contribution in [0.2, 0.25) is 0 Å². The fourth-order valence-electron chi connectivity index (χ4n) is 4.75. The number of ether oxygens (including phenoxy) is 1. The fourth-order valence-corrected chi connectivity index (χ4v) is 4.75. The Morgan fingerprint density at radius 1 is 1.03 bits per heavy atom. The molecular weight excluding hydrogens is 418 g/mol. The van der Waals surface area contributed by atoms with Crippen molar-refractivity contribution in [3.8, 4) is 5.75 Å². The molecule has 2 aliphatic rings. The highest BCUT2D eigenvalue weighted by atomic mass is 16.5. The van der Waals surface area contributed by atoms with Crippen LogP contribution in [-0.4, -0.2) is 22.9 Å². The summed E-state index contributed by atoms with van der Waals surface area (Å²) in [5.41, 5.74) is 3.96. The lowest BCUT2D eigenvalue weighted by molar-refractivity contribution is -0.132. The number of nitrogens with zero attached hydrogens (tertiary/aromatic N) is 1. The SMILES string of the molecule is Cc1ccc(N2C(=O)C(=O)/C(=C(\O)c3ccc4c(c3)CC(C)O4)C2c2ccc(C)o2)c(C)c1. The number of aliphatic hydroxyl groups excluding tert-OH is 1. The van der Waals surface area contributed by atoms with Crippen LogP contribution >= 0.6 is 0 Å². The van der Waals surface area contributed by atoms with Crippen LogP contribution in [0.4, 0.5) is 5.69 Å². The van der Waals surface area contributed by atoms with Crippen molar-refractivity contribution in [1.82, 2.24) is 0 Å². The number of carbonyl (C=O) groups excluding carboxylic acids is 2. The molecule has 1 N–H and O–H groups in total. The maximum Gasteiger partial charge on any atom is 0.300 e. The van der Waals surface area contributed by atoms with Gasteiger partial charge in [0.05, 0.1) is 5.57 Å². The van der Waals surface area contributed by atoms with Gasteiger partial charge in [-0.25, -0.2) is 0 Å². The van der Waals surface area contributed by atoms with Gasteiger partial charge in [0.25, 0.3) is 11.7 Å². The lowest BCUT2D eigenvalue weighted by atomic mass is 9.97. The van der Waals surface area contributed by atoms with Gasteiger partial charge in [0, 0.05) is 17.7 Å². The minimum absolute atomic E-state index is 0.0150. The molecular formula is C27H25NO5. The standard InChI is InChI=1S/C27H25NO5/c1-14-5-8-20(15(2)11-14)28-24(22-9-6-16(3)32-22)23(26(30)27(28)31)25(29)18-7-10-21-19(13-18)12-17(4)33-21/h5-11,13,17,24,29H,12H2,1-4H3/b25-23-. The van der Waals surface area contributed by atoms with E-state index < -0.39 is 17.7 Å². The van der Waals surface area contributed by atoms with Crippen molar-refractivity contribution in [2.24, 2.45) is 0 Å². The fraction of sp³-hybridized carbons (Fsp3) is 0.259. The Kier molecular flexibility index (Phi) is 4.89. The van der Waals surface area contributed by atoms with Gasteiger partial charge in [-0.15, -0.1) is 0 Å². The Hall–Kier alpha value is -3.80. The number of amides is 1. The van der Waals surface area contributed by atoms with Gasteiger partial charge in [0.1, 0.15) is 35.2 Å². The second kappa shape index (κ2) is 7.66. The van der Waals surface area contributed by atoms with Gasteiger partial charge in [-0.1, -0.05) is 17.7 Å². The van der Waals surface area contributed by atoms with Crippen LogP contribution in [0.3, 0.4) is 0 Å². The summed E-state index contributed by atoms with van der Waals surface area (Å²) in [5, 5.41) is 11.3. The van der Waals surface area contributed by atoms with Crippen LogP contribution in [0.5, 0.6) is 5.75 Å². The highest BCUT2D eigenvalue weighted by molar-refractivity contribution is 6.51. The molecule has 33 heavy (non-hydrogen) atoms. The molecule has 3 heterocycles. The van der Waals surface area contributed by atoms with Crippen molar-refractivity contribution in [2.45, 2.75) is 46.3 Å². The van der Waals surface area contributed by atoms with Gasteiger partial charge < -0.3 is 14.3 Å². The summed E-state index contributed by atoms with van der Waals surface area (Å²) in [4.78, 5) is 28.0. The number of benzene rings is 2. The summed E-state index contributed by atoms with van der Waals surface area (Å²) in [6.07, 6.45) is 0.771. The van der Waals surface area contributed by atoms with E-state index in [0.29, 0.717) is 29.2 Å². The minimum atomic E-state index is -0.872. The maximum absolute atomic E-state index is 13.3. The first-order valence-corrected chi connectivity index (χ1v) is 11.0. The monoisotopic (exact) mass is 443 g/mol. The summed E-state index contributed by atoms with van der Waals surface area (Å²) in [5.74, 6) is 0.193. The number of hydrogen-bond acceptors (Lipinski definition) is 5. The van der Waals surface area contributed by atoms with Crippen LogP contribution in [0.25, 0.3) is 5.76 Å². The van der Waals surface area contributed by atoms with E-state index in [9.17, 15) is 14.7 Å². The normalized spacial score (nSPS) is 21.4. The molecule has 0 radical (unpaired) electrons. The molecule has 0 bridgehead atoms. The highest BCUT2D eigenvalue weighted by Crippen LogP contribution is 2.44. The number of furan rings is 1. The molecule has 6 heteroatoms. The number of anilines is 1. The third kappa shape index (κ3) is 3.42.